The van der Waals surface area contributed by atoms with Crippen molar-refractivity contribution in [3.8, 4) is 0 Å². The first-order valence-corrected chi connectivity index (χ1v) is 7.26. The third-order valence-electron chi connectivity index (χ3n) is 3.73. The molecule has 0 aliphatic carbocycles. The Morgan fingerprint density at radius 3 is 2.33 bits per heavy atom. The van der Waals surface area contributed by atoms with Crippen LogP contribution in [0.3, 0.4) is 0 Å². The summed E-state index contributed by atoms with van der Waals surface area (Å²) in [6.45, 7) is 6.21. The summed E-state index contributed by atoms with van der Waals surface area (Å²) in [6.07, 6.45) is -0.0414. The van der Waals surface area contributed by atoms with Gasteiger partial charge in [0, 0.05) is 11.8 Å². The fourth-order valence-electron chi connectivity index (χ4n) is 2.86. The van der Waals surface area contributed by atoms with Crippen molar-refractivity contribution in [1.82, 2.24) is 0 Å². The smallest absolute Gasteiger partial charge is 0.134 e. The molecule has 0 aliphatic rings. The molecule has 0 aliphatic heterocycles. The number of hydrogen-bond donors (Lipinski definition) is 1. The van der Waals surface area contributed by atoms with Crippen molar-refractivity contribution < 1.29 is 9.52 Å². The fourth-order valence-corrected chi connectivity index (χ4v) is 2.86. The third-order valence-corrected chi connectivity index (χ3v) is 3.73. The maximum absolute atomic E-state index is 10.4. The number of furan rings is 1. The number of fused-ring (bicyclic) bond motifs is 1. The second-order valence-electron chi connectivity index (χ2n) is 5.91. The van der Waals surface area contributed by atoms with Crippen molar-refractivity contribution in [3.05, 3.63) is 70.5 Å². The second-order valence-corrected chi connectivity index (χ2v) is 5.91. The Hall–Kier alpha value is -2.06. The van der Waals surface area contributed by atoms with E-state index in [0.717, 1.165) is 16.5 Å². The van der Waals surface area contributed by atoms with Crippen LogP contribution in [-0.4, -0.2) is 5.11 Å². The summed E-state index contributed by atoms with van der Waals surface area (Å²) in [5.41, 5.74) is 5.60. The molecule has 1 unspecified atom stereocenters. The van der Waals surface area contributed by atoms with Gasteiger partial charge in [-0.05, 0) is 44.5 Å². The zero-order chi connectivity index (χ0) is 15.0. The van der Waals surface area contributed by atoms with E-state index in [1.165, 1.54) is 16.7 Å². The highest BCUT2D eigenvalue weighted by Gasteiger charge is 2.14. The predicted octanol–water partition coefficient (Wildman–Crippen LogP) is 4.63. The van der Waals surface area contributed by atoms with Crippen molar-refractivity contribution in [1.29, 1.82) is 0 Å². The van der Waals surface area contributed by atoms with Crippen LogP contribution in [0, 0.1) is 20.8 Å². The molecule has 0 bridgehead atoms. The topological polar surface area (TPSA) is 33.4 Å². The molecule has 0 saturated carbocycles. The lowest BCUT2D eigenvalue weighted by atomic mass is 10.0. The minimum Gasteiger partial charge on any atom is -0.458 e. The minimum atomic E-state index is -0.612. The highest BCUT2D eigenvalue weighted by Crippen LogP contribution is 2.27. The molecule has 1 atom stereocenters. The fraction of sp³-hybridized carbons (Fsp3) is 0.263. The summed E-state index contributed by atoms with van der Waals surface area (Å²) in [7, 11) is 0. The minimum absolute atomic E-state index is 0.571. The largest absolute Gasteiger partial charge is 0.458 e. The highest BCUT2D eigenvalue weighted by molar-refractivity contribution is 5.78. The molecular weight excluding hydrogens is 260 g/mol. The van der Waals surface area contributed by atoms with Gasteiger partial charge in [0.2, 0.25) is 0 Å². The molecule has 0 amide bonds. The van der Waals surface area contributed by atoms with Crippen molar-refractivity contribution in [2.75, 3.05) is 0 Å². The van der Waals surface area contributed by atoms with Gasteiger partial charge in [-0.1, -0.05) is 41.0 Å². The van der Waals surface area contributed by atoms with Crippen molar-refractivity contribution in [3.63, 3.8) is 0 Å². The molecule has 2 heteroatoms. The van der Waals surface area contributed by atoms with E-state index in [0.29, 0.717) is 12.2 Å². The van der Waals surface area contributed by atoms with E-state index in [-0.39, 0.29) is 0 Å². The van der Waals surface area contributed by atoms with Crippen LogP contribution < -0.4 is 0 Å². The lowest BCUT2D eigenvalue weighted by molar-refractivity contribution is 0.152. The lowest BCUT2D eigenvalue weighted by Crippen LogP contribution is -2.01. The van der Waals surface area contributed by atoms with Crippen LogP contribution in [0.4, 0.5) is 0 Å². The van der Waals surface area contributed by atoms with Gasteiger partial charge in [-0.15, -0.1) is 0 Å². The monoisotopic (exact) mass is 280 g/mol. The van der Waals surface area contributed by atoms with Gasteiger partial charge in [0.15, 0.2) is 0 Å². The average Bonchev–Trinajstić information content (AvgIpc) is 2.80. The van der Waals surface area contributed by atoms with Gasteiger partial charge in [-0.3, -0.25) is 0 Å². The summed E-state index contributed by atoms with van der Waals surface area (Å²) in [6, 6.07) is 14.4. The quantitative estimate of drug-likeness (QED) is 0.758. The molecule has 2 nitrogen and oxygen atoms in total. The molecule has 0 saturated heterocycles. The zero-order valence-corrected chi connectivity index (χ0v) is 12.7. The van der Waals surface area contributed by atoms with Crippen LogP contribution in [-0.2, 0) is 6.42 Å². The third kappa shape index (κ3) is 3.01. The predicted molar refractivity (Wildman–Crippen MR) is 85.5 cm³/mol. The first-order chi connectivity index (χ1) is 10.0. The molecule has 0 radical (unpaired) electrons. The Labute approximate surface area is 125 Å². The van der Waals surface area contributed by atoms with Crippen LogP contribution >= 0.6 is 0 Å². The van der Waals surface area contributed by atoms with Crippen molar-refractivity contribution in [2.45, 2.75) is 33.3 Å². The number of benzene rings is 2. The van der Waals surface area contributed by atoms with Gasteiger partial charge in [-0.2, -0.15) is 0 Å². The van der Waals surface area contributed by atoms with E-state index in [4.69, 9.17) is 4.42 Å². The van der Waals surface area contributed by atoms with Gasteiger partial charge in [0.05, 0.1) is 0 Å². The van der Waals surface area contributed by atoms with Crippen molar-refractivity contribution in [2.24, 2.45) is 0 Å². The molecule has 0 fully saturated rings. The maximum atomic E-state index is 10.4. The standard InChI is InChI=1S/C19H20O2/c1-12-4-5-18-16(9-12)11-19(21-18)17(20)10-15-7-13(2)6-14(3)8-15/h4-9,11,17,20H,10H2,1-3H3. The van der Waals surface area contributed by atoms with E-state index in [1.54, 1.807) is 0 Å². The molecule has 3 rings (SSSR count). The van der Waals surface area contributed by atoms with Crippen LogP contribution in [0.5, 0.6) is 0 Å². The van der Waals surface area contributed by atoms with Gasteiger partial charge >= 0.3 is 0 Å². The first kappa shape index (κ1) is 13.9. The van der Waals surface area contributed by atoms with Crippen molar-refractivity contribution >= 4 is 11.0 Å². The second kappa shape index (κ2) is 5.38. The van der Waals surface area contributed by atoms with Gasteiger partial charge < -0.3 is 9.52 Å². The van der Waals surface area contributed by atoms with E-state index < -0.39 is 6.10 Å². The zero-order valence-electron chi connectivity index (χ0n) is 12.7. The Balaban J connectivity index is 1.87. The van der Waals surface area contributed by atoms with E-state index in [2.05, 4.69) is 45.0 Å². The molecule has 0 spiro atoms. The summed E-state index contributed by atoms with van der Waals surface area (Å²) < 4.78 is 5.77. The number of aliphatic hydroxyl groups excluding tert-OH is 1. The Bertz CT molecular complexity index is 763. The van der Waals surface area contributed by atoms with Gasteiger partial charge in [0.25, 0.3) is 0 Å². The summed E-state index contributed by atoms with van der Waals surface area (Å²) in [4.78, 5) is 0. The molecule has 3 aromatic rings. The SMILES string of the molecule is Cc1cc(C)cc(CC(O)c2cc3cc(C)ccc3o2)c1. The average molecular weight is 280 g/mol. The number of hydrogen-bond acceptors (Lipinski definition) is 2. The Morgan fingerprint density at radius 2 is 1.62 bits per heavy atom. The maximum Gasteiger partial charge on any atom is 0.134 e. The van der Waals surface area contributed by atoms with E-state index >= 15 is 0 Å². The Morgan fingerprint density at radius 1 is 0.905 bits per heavy atom. The van der Waals surface area contributed by atoms with Crippen LogP contribution in [0.15, 0.2) is 46.9 Å². The summed E-state index contributed by atoms with van der Waals surface area (Å²) >= 11 is 0. The highest BCUT2D eigenvalue weighted by atomic mass is 16.4. The number of aryl methyl sites for hydroxylation is 3. The summed E-state index contributed by atoms with van der Waals surface area (Å²) in [5, 5.41) is 11.5. The molecular formula is C19H20O2. The Kier molecular flexibility index (Phi) is 3.56. The normalized spacial score (nSPS) is 12.8. The molecule has 1 heterocycles. The van der Waals surface area contributed by atoms with E-state index in [9.17, 15) is 5.11 Å². The molecule has 21 heavy (non-hydrogen) atoms. The van der Waals surface area contributed by atoms with Crippen LogP contribution in [0.25, 0.3) is 11.0 Å². The molecule has 2 aromatic carbocycles. The molecule has 1 N–H and O–H groups in total. The van der Waals surface area contributed by atoms with Gasteiger partial charge in [0.1, 0.15) is 17.4 Å². The number of rotatable bonds is 3. The molecule has 108 valence electrons. The van der Waals surface area contributed by atoms with Crippen LogP contribution in [0.1, 0.15) is 34.1 Å². The molecule has 1 aromatic heterocycles. The van der Waals surface area contributed by atoms with Crippen LogP contribution in [0.2, 0.25) is 0 Å². The lowest BCUT2D eigenvalue weighted by Gasteiger charge is -2.09. The van der Waals surface area contributed by atoms with Gasteiger partial charge in [-0.25, -0.2) is 0 Å². The first-order valence-electron chi connectivity index (χ1n) is 7.26. The summed E-state index contributed by atoms with van der Waals surface area (Å²) in [5.74, 6) is 0.634. The van der Waals surface area contributed by atoms with E-state index in [1.807, 2.05) is 18.2 Å². The number of aliphatic hydroxyl groups is 1.